The molecular formula is C22H23ClF3N3O4. The molecule has 1 aliphatic rings. The largest absolute Gasteiger partial charge is 0.497 e. The van der Waals surface area contributed by atoms with E-state index in [1.807, 2.05) is 0 Å². The normalized spacial score (nSPS) is 15.9. The van der Waals surface area contributed by atoms with Gasteiger partial charge in [0.1, 0.15) is 22.8 Å². The van der Waals surface area contributed by atoms with Crippen molar-refractivity contribution in [1.29, 1.82) is 0 Å². The van der Waals surface area contributed by atoms with Crippen LogP contribution in [0, 0.1) is 24.4 Å². The Balaban J connectivity index is 0.00000306. The maximum absolute atomic E-state index is 15.4. The van der Waals surface area contributed by atoms with E-state index in [4.69, 9.17) is 9.47 Å². The molecule has 7 nitrogen and oxygen atoms in total. The molecular weight excluding hydrogens is 463 g/mol. The molecule has 0 radical (unpaired) electrons. The van der Waals surface area contributed by atoms with E-state index >= 15 is 8.78 Å². The number of carbonyl (C=O) groups excluding carboxylic acids is 1. The molecule has 3 heterocycles. The number of fused-ring (bicyclic) bond motifs is 1. The number of rotatable bonds is 5. The van der Waals surface area contributed by atoms with E-state index in [9.17, 15) is 9.18 Å². The number of nitrogens with one attached hydrogen (secondary N) is 1. The number of ether oxygens (including phenoxy) is 3. The molecule has 0 saturated carbocycles. The van der Waals surface area contributed by atoms with Crippen LogP contribution in [-0.2, 0) is 15.9 Å². The van der Waals surface area contributed by atoms with Gasteiger partial charge in [-0.3, -0.25) is 0 Å². The Morgan fingerprint density at radius 3 is 2.67 bits per heavy atom. The van der Waals surface area contributed by atoms with E-state index in [0.717, 1.165) is 7.11 Å². The summed E-state index contributed by atoms with van der Waals surface area (Å²) in [5.74, 6) is -4.73. The quantitative estimate of drug-likeness (QED) is 0.440. The number of aromatic nitrogens is 2. The van der Waals surface area contributed by atoms with Crippen LogP contribution in [0.3, 0.4) is 0 Å². The van der Waals surface area contributed by atoms with Crippen LogP contribution in [-0.4, -0.2) is 55.4 Å². The van der Waals surface area contributed by atoms with Gasteiger partial charge in [0.15, 0.2) is 11.6 Å². The van der Waals surface area contributed by atoms with E-state index in [-0.39, 0.29) is 36.2 Å². The van der Waals surface area contributed by atoms with Crippen LogP contribution >= 0.6 is 12.4 Å². The van der Waals surface area contributed by atoms with Crippen molar-refractivity contribution in [2.75, 3.05) is 33.9 Å². The summed E-state index contributed by atoms with van der Waals surface area (Å²) in [4.78, 5) is 16.3. The fraction of sp³-hybridized carbons (Fsp3) is 0.364. The third kappa shape index (κ3) is 4.38. The van der Waals surface area contributed by atoms with Gasteiger partial charge in [0.2, 0.25) is 0 Å². The van der Waals surface area contributed by atoms with E-state index in [1.165, 1.54) is 14.0 Å². The zero-order valence-corrected chi connectivity index (χ0v) is 19.0. The first kappa shape index (κ1) is 24.8. The van der Waals surface area contributed by atoms with Crippen molar-refractivity contribution in [2.24, 2.45) is 0 Å². The van der Waals surface area contributed by atoms with Crippen LogP contribution in [0.4, 0.5) is 13.2 Å². The van der Waals surface area contributed by atoms with Crippen molar-refractivity contribution in [1.82, 2.24) is 14.7 Å². The molecule has 1 fully saturated rings. The Bertz CT molecular complexity index is 1170. The maximum Gasteiger partial charge on any atom is 0.341 e. The van der Waals surface area contributed by atoms with Crippen molar-refractivity contribution >= 4 is 24.0 Å². The summed E-state index contributed by atoms with van der Waals surface area (Å²) in [6.45, 7) is 2.94. The number of morpholine rings is 1. The summed E-state index contributed by atoms with van der Waals surface area (Å²) < 4.78 is 62.5. The molecule has 1 saturated heterocycles. The van der Waals surface area contributed by atoms with E-state index < -0.39 is 34.5 Å². The molecule has 0 amide bonds. The highest BCUT2D eigenvalue weighted by atomic mass is 35.5. The molecule has 3 aromatic rings. The molecule has 0 spiro atoms. The van der Waals surface area contributed by atoms with E-state index in [1.54, 1.807) is 22.7 Å². The van der Waals surface area contributed by atoms with Gasteiger partial charge < -0.3 is 23.9 Å². The molecule has 11 heteroatoms. The van der Waals surface area contributed by atoms with Gasteiger partial charge in [-0.1, -0.05) is 0 Å². The molecule has 1 aromatic carbocycles. The maximum atomic E-state index is 15.4. The van der Waals surface area contributed by atoms with Gasteiger partial charge in [-0.05, 0) is 13.0 Å². The van der Waals surface area contributed by atoms with E-state index in [0.29, 0.717) is 36.8 Å². The highest BCUT2D eigenvalue weighted by Gasteiger charge is 2.31. The van der Waals surface area contributed by atoms with Gasteiger partial charge >= 0.3 is 5.97 Å². The Morgan fingerprint density at radius 1 is 1.27 bits per heavy atom. The summed E-state index contributed by atoms with van der Waals surface area (Å²) in [7, 11) is 2.50. The Hall–Kier alpha value is -2.82. The lowest BCUT2D eigenvalue weighted by Crippen LogP contribution is -2.39. The zero-order valence-electron chi connectivity index (χ0n) is 18.2. The SMILES string of the molecule is COC(=O)c1c(C)c(F)c(-c2nc3cc(OC)ccn3c2C[C@H]2CNCCO2)c(F)c1F.Cl. The number of nitrogens with zero attached hydrogens (tertiary/aromatic N) is 2. The minimum Gasteiger partial charge on any atom is -0.497 e. The number of hydrogen-bond acceptors (Lipinski definition) is 6. The van der Waals surface area contributed by atoms with Crippen LogP contribution < -0.4 is 10.1 Å². The molecule has 1 atom stereocenters. The molecule has 1 N–H and O–H groups in total. The summed E-state index contributed by atoms with van der Waals surface area (Å²) >= 11 is 0. The van der Waals surface area contributed by atoms with Crippen LogP contribution in [0.1, 0.15) is 21.6 Å². The number of imidazole rings is 1. The number of hydrogen-bond donors (Lipinski definition) is 1. The number of esters is 1. The lowest BCUT2D eigenvalue weighted by atomic mass is 9.98. The number of carbonyl (C=O) groups is 1. The van der Waals surface area contributed by atoms with Crippen LogP contribution in [0.25, 0.3) is 16.9 Å². The van der Waals surface area contributed by atoms with E-state index in [2.05, 4.69) is 15.0 Å². The number of benzene rings is 1. The molecule has 4 rings (SSSR count). The van der Waals surface area contributed by atoms with Crippen LogP contribution in [0.15, 0.2) is 18.3 Å². The molecule has 0 aliphatic carbocycles. The summed E-state index contributed by atoms with van der Waals surface area (Å²) in [6.07, 6.45) is 1.67. The Morgan fingerprint density at radius 2 is 2.03 bits per heavy atom. The topological polar surface area (TPSA) is 74.1 Å². The minimum atomic E-state index is -1.51. The third-order valence-electron chi connectivity index (χ3n) is 5.54. The first-order valence-electron chi connectivity index (χ1n) is 10.00. The number of methoxy groups -OCH3 is 2. The van der Waals surface area contributed by atoms with Gasteiger partial charge in [-0.25, -0.2) is 22.9 Å². The molecule has 2 aromatic heterocycles. The minimum absolute atomic E-state index is 0. The smallest absolute Gasteiger partial charge is 0.341 e. The Labute approximate surface area is 194 Å². The number of halogens is 4. The molecule has 0 bridgehead atoms. The molecule has 0 unspecified atom stereocenters. The molecule has 178 valence electrons. The van der Waals surface area contributed by atoms with Crippen molar-refractivity contribution in [3.8, 4) is 17.0 Å². The summed E-state index contributed by atoms with van der Waals surface area (Å²) in [6, 6.07) is 3.29. The predicted molar refractivity (Wildman–Crippen MR) is 117 cm³/mol. The lowest BCUT2D eigenvalue weighted by molar-refractivity contribution is 0.0286. The fourth-order valence-electron chi connectivity index (χ4n) is 3.90. The summed E-state index contributed by atoms with van der Waals surface area (Å²) in [5.41, 5.74) is -1.04. The number of pyridine rings is 1. The summed E-state index contributed by atoms with van der Waals surface area (Å²) in [5, 5.41) is 3.21. The fourth-order valence-corrected chi connectivity index (χ4v) is 3.90. The molecule has 1 aliphatic heterocycles. The molecule has 33 heavy (non-hydrogen) atoms. The predicted octanol–water partition coefficient (Wildman–Crippen LogP) is 3.47. The van der Waals surface area contributed by atoms with Gasteiger partial charge in [-0.15, -0.1) is 12.4 Å². The van der Waals surface area contributed by atoms with Gasteiger partial charge in [0.25, 0.3) is 0 Å². The first-order valence-corrected chi connectivity index (χ1v) is 10.00. The highest BCUT2D eigenvalue weighted by molar-refractivity contribution is 5.92. The van der Waals surface area contributed by atoms with Crippen molar-refractivity contribution in [3.05, 3.63) is 52.6 Å². The van der Waals surface area contributed by atoms with Crippen molar-refractivity contribution in [3.63, 3.8) is 0 Å². The highest BCUT2D eigenvalue weighted by Crippen LogP contribution is 2.36. The third-order valence-corrected chi connectivity index (χ3v) is 5.54. The van der Waals surface area contributed by atoms with Gasteiger partial charge in [-0.2, -0.15) is 0 Å². The van der Waals surface area contributed by atoms with Gasteiger partial charge in [0, 0.05) is 37.3 Å². The second kappa shape index (κ2) is 9.98. The van der Waals surface area contributed by atoms with Gasteiger partial charge in [0.05, 0.1) is 43.9 Å². The lowest BCUT2D eigenvalue weighted by Gasteiger charge is -2.24. The second-order valence-corrected chi connectivity index (χ2v) is 7.41. The van der Waals surface area contributed by atoms with Crippen molar-refractivity contribution in [2.45, 2.75) is 19.4 Å². The zero-order chi connectivity index (χ0) is 23.0. The monoisotopic (exact) mass is 485 g/mol. The average molecular weight is 486 g/mol. The van der Waals surface area contributed by atoms with Crippen LogP contribution in [0.2, 0.25) is 0 Å². The average Bonchev–Trinajstić information content (AvgIpc) is 3.15. The second-order valence-electron chi connectivity index (χ2n) is 7.41. The first-order chi connectivity index (χ1) is 15.4. The van der Waals surface area contributed by atoms with Crippen molar-refractivity contribution < 1.29 is 32.2 Å². The Kier molecular flexibility index (Phi) is 7.51. The standard InChI is InChI=1S/C22H22F3N3O4.ClH/c1-11-16(22(29)31-3)19(24)20(25)17(18(11)23)21-14(8-13-10-26-5-7-32-13)28-6-4-12(30-2)9-15(28)27-21;/h4,6,9,13,26H,5,7-8,10H2,1-3H3;1H/t13-;/m0./s1. The van der Waals surface area contributed by atoms with Crippen LogP contribution in [0.5, 0.6) is 5.75 Å².